The molecule has 3 heterocycles. The lowest BCUT2D eigenvalue weighted by Gasteiger charge is -2.25. The summed E-state index contributed by atoms with van der Waals surface area (Å²) in [5.41, 5.74) is -1.93. The summed E-state index contributed by atoms with van der Waals surface area (Å²) in [6.07, 6.45) is -9.09. The molecule has 7 nitrogen and oxygen atoms in total. The standard InChI is InChI=1S/C21H19F6N3O4S/c22-20(23,24)13-1-4-17(5-2-13)35(32,33)29-8-7-19(31)30-12-16(9-15(30)11-29)34-18-6-3-14(10-28-18)21(25,26)27/h1-6,10,15-16H,7-9,11-12H2/t15-,16-/m0/s1. The molecule has 35 heavy (non-hydrogen) atoms. The number of carbonyl (C=O) groups excluding carboxylic acids is 1. The van der Waals surface area contributed by atoms with Crippen molar-refractivity contribution < 1.29 is 44.3 Å². The summed E-state index contributed by atoms with van der Waals surface area (Å²) >= 11 is 0. The first kappa shape index (κ1) is 25.2. The summed E-state index contributed by atoms with van der Waals surface area (Å²) in [5, 5.41) is 0. The number of hydrogen-bond donors (Lipinski definition) is 0. The Balaban J connectivity index is 1.47. The maximum Gasteiger partial charge on any atom is 0.417 e. The monoisotopic (exact) mass is 523 g/mol. The van der Waals surface area contributed by atoms with Gasteiger partial charge in [0.2, 0.25) is 21.8 Å². The summed E-state index contributed by atoms with van der Waals surface area (Å²) in [6, 6.07) is 4.42. The maximum atomic E-state index is 13.1. The lowest BCUT2D eigenvalue weighted by Crippen LogP contribution is -2.40. The lowest BCUT2D eigenvalue weighted by atomic mass is 10.2. The zero-order chi connectivity index (χ0) is 25.6. The van der Waals surface area contributed by atoms with Gasteiger partial charge >= 0.3 is 12.4 Å². The summed E-state index contributed by atoms with van der Waals surface area (Å²) in [5.74, 6) is -0.395. The van der Waals surface area contributed by atoms with Crippen LogP contribution in [0.15, 0.2) is 47.5 Å². The van der Waals surface area contributed by atoms with Crippen LogP contribution in [0.25, 0.3) is 0 Å². The Bertz CT molecular complexity index is 1180. The van der Waals surface area contributed by atoms with Crippen LogP contribution in [-0.2, 0) is 27.2 Å². The van der Waals surface area contributed by atoms with Crippen LogP contribution in [0.2, 0.25) is 0 Å². The molecule has 0 saturated carbocycles. The van der Waals surface area contributed by atoms with Gasteiger partial charge in [0.25, 0.3) is 0 Å². The molecule has 0 spiro atoms. The largest absolute Gasteiger partial charge is 0.472 e. The molecule has 2 atom stereocenters. The quantitative estimate of drug-likeness (QED) is 0.573. The van der Waals surface area contributed by atoms with Crippen molar-refractivity contribution in [3.63, 3.8) is 0 Å². The van der Waals surface area contributed by atoms with Crippen molar-refractivity contribution in [3.8, 4) is 5.88 Å². The van der Waals surface area contributed by atoms with E-state index >= 15 is 0 Å². The Hall–Kier alpha value is -2.87. The smallest absolute Gasteiger partial charge is 0.417 e. The summed E-state index contributed by atoms with van der Waals surface area (Å²) in [4.78, 5) is 17.4. The second-order valence-corrected chi connectivity index (χ2v) is 10.1. The molecule has 2 aliphatic rings. The average molecular weight is 523 g/mol. The third kappa shape index (κ3) is 5.37. The predicted molar refractivity (Wildman–Crippen MR) is 109 cm³/mol. The maximum absolute atomic E-state index is 13.1. The van der Waals surface area contributed by atoms with Gasteiger partial charge in [-0.15, -0.1) is 0 Å². The Morgan fingerprint density at radius 2 is 1.54 bits per heavy atom. The minimum Gasteiger partial charge on any atom is -0.472 e. The molecule has 4 rings (SSSR count). The highest BCUT2D eigenvalue weighted by Gasteiger charge is 2.42. The molecule has 2 aliphatic heterocycles. The van der Waals surface area contributed by atoms with Crippen LogP contribution in [0, 0.1) is 0 Å². The van der Waals surface area contributed by atoms with Crippen molar-refractivity contribution in [2.45, 2.75) is 42.2 Å². The van der Waals surface area contributed by atoms with Crippen LogP contribution in [0.1, 0.15) is 24.0 Å². The number of alkyl halides is 6. The van der Waals surface area contributed by atoms with E-state index in [1.807, 2.05) is 0 Å². The molecule has 1 aromatic heterocycles. The fourth-order valence-corrected chi connectivity index (χ4v) is 5.58. The molecule has 2 aromatic rings. The van der Waals surface area contributed by atoms with Gasteiger partial charge in [-0.1, -0.05) is 0 Å². The fraction of sp³-hybridized carbons (Fsp3) is 0.429. The van der Waals surface area contributed by atoms with Crippen molar-refractivity contribution in [3.05, 3.63) is 53.7 Å². The predicted octanol–water partition coefficient (Wildman–Crippen LogP) is 3.56. The van der Waals surface area contributed by atoms with Crippen molar-refractivity contribution in [2.75, 3.05) is 19.6 Å². The first-order valence-electron chi connectivity index (χ1n) is 10.4. The van der Waals surface area contributed by atoms with Gasteiger partial charge in [-0.25, -0.2) is 13.4 Å². The normalized spacial score (nSPS) is 22.1. The number of fused-ring (bicyclic) bond motifs is 1. The number of sulfonamides is 1. The van der Waals surface area contributed by atoms with Gasteiger partial charge < -0.3 is 9.64 Å². The fourth-order valence-electron chi connectivity index (χ4n) is 4.10. The van der Waals surface area contributed by atoms with E-state index in [1.165, 1.54) is 4.90 Å². The number of carbonyl (C=O) groups is 1. The first-order valence-corrected chi connectivity index (χ1v) is 11.9. The van der Waals surface area contributed by atoms with E-state index in [9.17, 15) is 39.6 Å². The number of aromatic nitrogens is 1. The van der Waals surface area contributed by atoms with Crippen LogP contribution in [0.4, 0.5) is 26.3 Å². The van der Waals surface area contributed by atoms with E-state index < -0.39 is 45.6 Å². The van der Waals surface area contributed by atoms with Crippen LogP contribution in [0.5, 0.6) is 5.88 Å². The molecular formula is C21H19F6N3O4S. The third-order valence-corrected chi connectivity index (χ3v) is 7.74. The first-order chi connectivity index (χ1) is 16.2. The summed E-state index contributed by atoms with van der Waals surface area (Å²) in [6.45, 7) is -0.142. The van der Waals surface area contributed by atoms with Gasteiger partial charge in [-0.05, 0) is 30.3 Å². The number of amides is 1. The van der Waals surface area contributed by atoms with Crippen molar-refractivity contribution in [1.29, 1.82) is 0 Å². The Kier molecular flexibility index (Phi) is 6.47. The van der Waals surface area contributed by atoms with Crippen LogP contribution < -0.4 is 4.74 Å². The molecule has 0 unspecified atom stereocenters. The minimum atomic E-state index is -4.61. The van der Waals surface area contributed by atoms with E-state index in [4.69, 9.17) is 4.74 Å². The number of nitrogens with zero attached hydrogens (tertiary/aromatic N) is 3. The molecule has 1 amide bonds. The van der Waals surface area contributed by atoms with E-state index in [2.05, 4.69) is 4.98 Å². The third-order valence-electron chi connectivity index (χ3n) is 5.86. The minimum absolute atomic E-state index is 0.0673. The van der Waals surface area contributed by atoms with Gasteiger partial charge in [0.15, 0.2) is 0 Å². The molecule has 0 radical (unpaired) electrons. The number of hydrogen-bond acceptors (Lipinski definition) is 5. The Morgan fingerprint density at radius 3 is 2.11 bits per heavy atom. The average Bonchev–Trinajstić information content (AvgIpc) is 3.10. The molecule has 0 N–H and O–H groups in total. The molecule has 2 saturated heterocycles. The Labute approximate surface area is 196 Å². The molecular weight excluding hydrogens is 504 g/mol. The number of halogens is 6. The number of rotatable bonds is 4. The second-order valence-electron chi connectivity index (χ2n) is 8.19. The summed E-state index contributed by atoms with van der Waals surface area (Å²) < 4.78 is 109. The van der Waals surface area contributed by atoms with Crippen LogP contribution in [0.3, 0.4) is 0 Å². The van der Waals surface area contributed by atoms with Gasteiger partial charge in [-0.3, -0.25) is 4.79 Å². The highest BCUT2D eigenvalue weighted by atomic mass is 32.2. The van der Waals surface area contributed by atoms with Crippen LogP contribution in [-0.4, -0.2) is 60.3 Å². The molecule has 190 valence electrons. The topological polar surface area (TPSA) is 79.8 Å². The SMILES string of the molecule is O=C1CCN(S(=O)(=O)c2ccc(C(F)(F)F)cc2)C[C@@H]2C[C@H](Oc3ccc(C(F)(F)F)cn3)CN12. The van der Waals surface area contributed by atoms with E-state index in [-0.39, 0.29) is 49.2 Å². The second kappa shape index (κ2) is 8.97. The zero-order valence-corrected chi connectivity index (χ0v) is 18.7. The molecule has 0 bridgehead atoms. The number of pyridine rings is 1. The molecule has 1 aromatic carbocycles. The van der Waals surface area contributed by atoms with Gasteiger partial charge in [0, 0.05) is 44.2 Å². The molecule has 14 heteroatoms. The van der Waals surface area contributed by atoms with E-state index in [0.29, 0.717) is 18.3 Å². The highest BCUT2D eigenvalue weighted by molar-refractivity contribution is 7.89. The van der Waals surface area contributed by atoms with Gasteiger partial charge in [0.1, 0.15) is 6.10 Å². The van der Waals surface area contributed by atoms with E-state index in [1.54, 1.807) is 0 Å². The number of benzene rings is 1. The van der Waals surface area contributed by atoms with Gasteiger partial charge in [0.05, 0.1) is 22.6 Å². The zero-order valence-electron chi connectivity index (χ0n) is 17.9. The summed E-state index contributed by atoms with van der Waals surface area (Å²) in [7, 11) is -4.18. The lowest BCUT2D eigenvalue weighted by molar-refractivity contribution is -0.138. The van der Waals surface area contributed by atoms with E-state index in [0.717, 1.165) is 28.6 Å². The van der Waals surface area contributed by atoms with Crippen molar-refractivity contribution in [2.24, 2.45) is 0 Å². The molecule has 0 aliphatic carbocycles. The van der Waals surface area contributed by atoms with Crippen LogP contribution >= 0.6 is 0 Å². The van der Waals surface area contributed by atoms with Crippen molar-refractivity contribution in [1.82, 2.24) is 14.2 Å². The Morgan fingerprint density at radius 1 is 0.914 bits per heavy atom. The van der Waals surface area contributed by atoms with Crippen molar-refractivity contribution >= 4 is 15.9 Å². The highest BCUT2D eigenvalue weighted by Crippen LogP contribution is 2.33. The number of ether oxygens (including phenoxy) is 1. The molecule has 2 fully saturated rings. The van der Waals surface area contributed by atoms with Gasteiger partial charge in [-0.2, -0.15) is 30.6 Å².